The number of carbonyl (C=O) groups is 1. The number of nitrogens with two attached hydrogens (primary N) is 1. The number of rotatable bonds is 3. The smallest absolute Gasteiger partial charge is 0.146 e. The lowest BCUT2D eigenvalue weighted by molar-refractivity contribution is -0.118. The Kier molecular flexibility index (Phi) is 1.78. The molecule has 1 saturated carbocycles. The van der Waals surface area contributed by atoms with Crippen LogP contribution in [0.4, 0.5) is 0 Å². The SMILES string of the molecule is C#CCC(=O)CC1(N)CC1. The highest BCUT2D eigenvalue weighted by Gasteiger charge is 2.39. The van der Waals surface area contributed by atoms with E-state index in [4.69, 9.17) is 12.2 Å². The molecule has 0 spiro atoms. The van der Waals surface area contributed by atoms with E-state index < -0.39 is 0 Å². The number of Topliss-reactive ketones (excluding diaryl/α,β-unsaturated/α-hetero) is 1. The van der Waals surface area contributed by atoms with Gasteiger partial charge >= 0.3 is 0 Å². The summed E-state index contributed by atoms with van der Waals surface area (Å²) in [5, 5.41) is 0. The van der Waals surface area contributed by atoms with Crippen molar-refractivity contribution in [1.29, 1.82) is 0 Å². The second-order valence-corrected chi connectivity index (χ2v) is 2.96. The average molecular weight is 137 g/mol. The van der Waals surface area contributed by atoms with Crippen molar-refractivity contribution in [2.24, 2.45) is 5.73 Å². The molecule has 0 radical (unpaired) electrons. The largest absolute Gasteiger partial charge is 0.325 e. The zero-order chi connectivity index (χ0) is 7.61. The molecule has 0 aliphatic heterocycles. The van der Waals surface area contributed by atoms with Crippen LogP contribution in [0.25, 0.3) is 0 Å². The van der Waals surface area contributed by atoms with Gasteiger partial charge in [0.15, 0.2) is 0 Å². The van der Waals surface area contributed by atoms with Gasteiger partial charge in [-0.25, -0.2) is 0 Å². The van der Waals surface area contributed by atoms with Gasteiger partial charge in [0, 0.05) is 12.0 Å². The molecule has 1 rings (SSSR count). The van der Waals surface area contributed by atoms with Crippen LogP contribution in [0.2, 0.25) is 0 Å². The molecule has 0 aromatic carbocycles. The monoisotopic (exact) mass is 137 g/mol. The molecule has 2 N–H and O–H groups in total. The average Bonchev–Trinajstić information content (AvgIpc) is 2.48. The summed E-state index contributed by atoms with van der Waals surface area (Å²) in [6, 6.07) is 0. The van der Waals surface area contributed by atoms with E-state index in [9.17, 15) is 4.79 Å². The summed E-state index contributed by atoms with van der Waals surface area (Å²) in [5.41, 5.74) is 5.52. The van der Waals surface area contributed by atoms with Gasteiger partial charge in [-0.2, -0.15) is 0 Å². The summed E-state index contributed by atoms with van der Waals surface area (Å²) >= 11 is 0. The Morgan fingerprint density at radius 3 is 2.70 bits per heavy atom. The second-order valence-electron chi connectivity index (χ2n) is 2.96. The van der Waals surface area contributed by atoms with Crippen LogP contribution in [0.1, 0.15) is 25.7 Å². The van der Waals surface area contributed by atoms with Crippen LogP contribution in [-0.2, 0) is 4.79 Å². The molecule has 0 unspecified atom stereocenters. The third-order valence-corrected chi connectivity index (χ3v) is 1.74. The molecule has 2 heteroatoms. The van der Waals surface area contributed by atoms with Crippen LogP contribution >= 0.6 is 0 Å². The lowest BCUT2D eigenvalue weighted by Gasteiger charge is -2.03. The predicted molar refractivity (Wildman–Crippen MR) is 39.2 cm³/mol. The minimum Gasteiger partial charge on any atom is -0.325 e. The van der Waals surface area contributed by atoms with Gasteiger partial charge < -0.3 is 5.73 Å². The Bertz CT molecular complexity index is 186. The van der Waals surface area contributed by atoms with E-state index >= 15 is 0 Å². The van der Waals surface area contributed by atoms with Crippen molar-refractivity contribution in [3.63, 3.8) is 0 Å². The summed E-state index contributed by atoms with van der Waals surface area (Å²) in [6.45, 7) is 0. The Labute approximate surface area is 60.8 Å². The molecular formula is C8H11NO. The number of ketones is 1. The fourth-order valence-electron chi connectivity index (χ4n) is 0.906. The molecule has 0 amide bonds. The van der Waals surface area contributed by atoms with Crippen molar-refractivity contribution in [3.05, 3.63) is 0 Å². The lowest BCUT2D eigenvalue weighted by Crippen LogP contribution is -2.25. The van der Waals surface area contributed by atoms with Crippen LogP contribution in [0, 0.1) is 12.3 Å². The van der Waals surface area contributed by atoms with E-state index in [0.717, 1.165) is 12.8 Å². The molecule has 0 heterocycles. The number of terminal acetylenes is 1. The van der Waals surface area contributed by atoms with Crippen molar-refractivity contribution in [3.8, 4) is 12.3 Å². The standard InChI is InChI=1S/C8H11NO/c1-2-3-7(10)6-8(9)4-5-8/h1H,3-6,9H2. The molecule has 1 fully saturated rings. The van der Waals surface area contributed by atoms with E-state index in [-0.39, 0.29) is 17.7 Å². The summed E-state index contributed by atoms with van der Waals surface area (Å²) in [7, 11) is 0. The highest BCUT2D eigenvalue weighted by atomic mass is 16.1. The molecule has 1 aliphatic carbocycles. The normalized spacial score (nSPS) is 19.6. The maximum absolute atomic E-state index is 10.9. The first-order valence-electron chi connectivity index (χ1n) is 3.40. The first-order valence-corrected chi connectivity index (χ1v) is 3.40. The van der Waals surface area contributed by atoms with E-state index in [2.05, 4.69) is 5.92 Å². The summed E-state index contributed by atoms with van der Waals surface area (Å²) in [4.78, 5) is 10.9. The summed E-state index contributed by atoms with van der Waals surface area (Å²) < 4.78 is 0. The second kappa shape index (κ2) is 2.43. The Morgan fingerprint density at radius 1 is 1.70 bits per heavy atom. The maximum Gasteiger partial charge on any atom is 0.146 e. The van der Waals surface area contributed by atoms with E-state index in [1.165, 1.54) is 0 Å². The minimum absolute atomic E-state index is 0.0995. The van der Waals surface area contributed by atoms with Gasteiger partial charge in [0.2, 0.25) is 0 Å². The molecule has 0 aromatic heterocycles. The van der Waals surface area contributed by atoms with Crippen LogP contribution in [-0.4, -0.2) is 11.3 Å². The first kappa shape index (κ1) is 7.30. The highest BCUT2D eigenvalue weighted by Crippen LogP contribution is 2.35. The summed E-state index contributed by atoms with van der Waals surface area (Å²) in [5.74, 6) is 2.41. The van der Waals surface area contributed by atoms with Crippen molar-refractivity contribution in [1.82, 2.24) is 0 Å². The van der Waals surface area contributed by atoms with Gasteiger partial charge in [0.1, 0.15) is 5.78 Å². The van der Waals surface area contributed by atoms with E-state index in [1.807, 2.05) is 0 Å². The Hall–Kier alpha value is -0.810. The first-order chi connectivity index (χ1) is 4.66. The number of hydrogen-bond acceptors (Lipinski definition) is 2. The van der Waals surface area contributed by atoms with Gasteiger partial charge in [-0.1, -0.05) is 5.92 Å². The van der Waals surface area contributed by atoms with Gasteiger partial charge in [-0.15, -0.1) is 6.42 Å². The quantitative estimate of drug-likeness (QED) is 0.574. The summed E-state index contributed by atoms with van der Waals surface area (Å²) in [6.07, 6.45) is 7.61. The van der Waals surface area contributed by atoms with Gasteiger partial charge in [0.25, 0.3) is 0 Å². The van der Waals surface area contributed by atoms with Crippen molar-refractivity contribution in [2.45, 2.75) is 31.2 Å². The van der Waals surface area contributed by atoms with E-state index in [0.29, 0.717) is 6.42 Å². The van der Waals surface area contributed by atoms with Crippen LogP contribution in [0.15, 0.2) is 0 Å². The molecule has 0 saturated heterocycles. The van der Waals surface area contributed by atoms with Crippen LogP contribution < -0.4 is 5.73 Å². The van der Waals surface area contributed by atoms with Crippen LogP contribution in [0.5, 0.6) is 0 Å². The topological polar surface area (TPSA) is 43.1 Å². The maximum atomic E-state index is 10.9. The molecule has 10 heavy (non-hydrogen) atoms. The lowest BCUT2D eigenvalue weighted by atomic mass is 10.1. The zero-order valence-corrected chi connectivity index (χ0v) is 5.89. The third-order valence-electron chi connectivity index (χ3n) is 1.74. The van der Waals surface area contributed by atoms with Crippen molar-refractivity contribution >= 4 is 5.78 Å². The highest BCUT2D eigenvalue weighted by molar-refractivity contribution is 5.82. The van der Waals surface area contributed by atoms with Crippen LogP contribution in [0.3, 0.4) is 0 Å². The predicted octanol–water partition coefficient (Wildman–Crippen LogP) is 0.460. The Morgan fingerprint density at radius 2 is 2.30 bits per heavy atom. The minimum atomic E-state index is -0.173. The molecule has 54 valence electrons. The molecular weight excluding hydrogens is 126 g/mol. The van der Waals surface area contributed by atoms with Gasteiger partial charge in [0.05, 0.1) is 6.42 Å². The van der Waals surface area contributed by atoms with Gasteiger partial charge in [-0.3, -0.25) is 4.79 Å². The van der Waals surface area contributed by atoms with E-state index in [1.54, 1.807) is 0 Å². The van der Waals surface area contributed by atoms with Gasteiger partial charge in [-0.05, 0) is 12.8 Å². The number of carbonyl (C=O) groups excluding carboxylic acids is 1. The molecule has 0 aromatic rings. The van der Waals surface area contributed by atoms with Crippen molar-refractivity contribution < 1.29 is 4.79 Å². The molecule has 1 aliphatic rings. The Balaban J connectivity index is 2.26. The molecule has 0 bridgehead atoms. The fraction of sp³-hybridized carbons (Fsp3) is 0.625. The zero-order valence-electron chi connectivity index (χ0n) is 5.89. The molecule has 2 nitrogen and oxygen atoms in total. The number of hydrogen-bond donors (Lipinski definition) is 1. The fourth-order valence-corrected chi connectivity index (χ4v) is 0.906. The molecule has 0 atom stereocenters. The van der Waals surface area contributed by atoms with Crippen molar-refractivity contribution in [2.75, 3.05) is 0 Å². The third kappa shape index (κ3) is 1.85.